The average Bonchev–Trinajstić information content (AvgIpc) is 2.54. The molecule has 0 saturated carbocycles. The molecule has 2 N–H and O–H groups in total. The number of allylic oxidation sites excluding steroid dienone is 1. The molecule has 0 bridgehead atoms. The van der Waals surface area contributed by atoms with E-state index in [1.807, 2.05) is 12.2 Å². The van der Waals surface area contributed by atoms with E-state index in [1.165, 1.54) is 0 Å². The first-order chi connectivity index (χ1) is 11.9. The van der Waals surface area contributed by atoms with Gasteiger partial charge in [0, 0.05) is 30.9 Å². The van der Waals surface area contributed by atoms with Crippen LogP contribution in [0.1, 0.15) is 61.4 Å². The smallest absolute Gasteiger partial charge is 0.342 e. The Morgan fingerprint density at radius 1 is 1.12 bits per heavy atom. The van der Waals surface area contributed by atoms with Crippen molar-refractivity contribution in [2.45, 2.75) is 58.0 Å². The van der Waals surface area contributed by atoms with Gasteiger partial charge in [-0.3, -0.25) is 4.79 Å². The first-order valence-electron chi connectivity index (χ1n) is 8.51. The zero-order valence-electron chi connectivity index (χ0n) is 14.3. The van der Waals surface area contributed by atoms with Crippen molar-refractivity contribution >= 4 is 23.4 Å². The van der Waals surface area contributed by atoms with Gasteiger partial charge in [-0.2, -0.15) is 0 Å². The largest absolute Gasteiger partial charge is 0.507 e. The first-order valence-corrected chi connectivity index (χ1v) is 8.89. The number of ether oxygens (including phenoxy) is 1. The van der Waals surface area contributed by atoms with Crippen LogP contribution in [0.25, 0.3) is 0 Å². The van der Waals surface area contributed by atoms with Gasteiger partial charge in [0.2, 0.25) is 0 Å². The molecule has 0 aliphatic carbocycles. The van der Waals surface area contributed by atoms with Crippen LogP contribution in [0, 0.1) is 0 Å². The van der Waals surface area contributed by atoms with Gasteiger partial charge in [0.15, 0.2) is 0 Å². The molecule has 1 aromatic rings. The van der Waals surface area contributed by atoms with Crippen LogP contribution in [0.2, 0.25) is 5.02 Å². The van der Waals surface area contributed by atoms with E-state index in [9.17, 15) is 19.8 Å². The molecule has 0 amide bonds. The van der Waals surface area contributed by atoms with Gasteiger partial charge in [-0.25, -0.2) is 4.79 Å². The van der Waals surface area contributed by atoms with Gasteiger partial charge in [0.05, 0.1) is 5.02 Å². The summed E-state index contributed by atoms with van der Waals surface area (Å²) in [5, 5.41) is 19.8. The van der Waals surface area contributed by atoms with Crippen LogP contribution in [0.15, 0.2) is 18.2 Å². The summed E-state index contributed by atoms with van der Waals surface area (Å²) in [6, 6.07) is 0.992. The van der Waals surface area contributed by atoms with Gasteiger partial charge < -0.3 is 14.9 Å². The molecule has 0 fully saturated rings. The van der Waals surface area contributed by atoms with Gasteiger partial charge >= 0.3 is 5.97 Å². The van der Waals surface area contributed by atoms with E-state index >= 15 is 0 Å². The second-order valence-corrected chi connectivity index (χ2v) is 6.70. The monoisotopic (exact) mass is 366 g/mol. The minimum atomic E-state index is -0.752. The molecule has 1 atom stereocenters. The number of rotatable bonds is 0. The summed E-state index contributed by atoms with van der Waals surface area (Å²) in [5.74, 6) is -1.66. The maximum Gasteiger partial charge on any atom is 0.342 e. The number of benzene rings is 1. The van der Waals surface area contributed by atoms with Crippen molar-refractivity contribution in [3.05, 3.63) is 34.4 Å². The highest BCUT2D eigenvalue weighted by Crippen LogP contribution is 2.37. The number of phenols is 2. The summed E-state index contributed by atoms with van der Waals surface area (Å²) < 4.78 is 5.36. The molecule has 1 aromatic carbocycles. The van der Waals surface area contributed by atoms with Crippen molar-refractivity contribution in [2.24, 2.45) is 0 Å². The minimum Gasteiger partial charge on any atom is -0.507 e. The Bertz CT molecular complexity index is 681. The molecule has 0 saturated heterocycles. The molecule has 6 heteroatoms. The number of phenolic OH excluding ortho intramolecular Hbond substituents is 2. The van der Waals surface area contributed by atoms with Gasteiger partial charge in [0.1, 0.15) is 28.9 Å². The number of halogens is 1. The van der Waals surface area contributed by atoms with E-state index in [4.69, 9.17) is 16.3 Å². The lowest BCUT2D eigenvalue weighted by Crippen LogP contribution is -2.17. The number of fused-ring (bicyclic) bond motifs is 1. The van der Waals surface area contributed by atoms with Crippen molar-refractivity contribution < 1.29 is 24.5 Å². The summed E-state index contributed by atoms with van der Waals surface area (Å²) in [6.45, 7) is 1.75. The lowest BCUT2D eigenvalue weighted by Gasteiger charge is -2.16. The molecule has 0 aromatic heterocycles. The Morgan fingerprint density at radius 2 is 1.88 bits per heavy atom. The van der Waals surface area contributed by atoms with Crippen LogP contribution in [0.4, 0.5) is 0 Å². The van der Waals surface area contributed by atoms with Gasteiger partial charge in [-0.05, 0) is 26.2 Å². The Morgan fingerprint density at radius 3 is 2.64 bits per heavy atom. The summed E-state index contributed by atoms with van der Waals surface area (Å²) in [7, 11) is 0. The molecular weight excluding hydrogens is 344 g/mol. The molecular formula is C19H23ClO5. The highest BCUT2D eigenvalue weighted by Gasteiger charge is 2.26. The maximum absolute atomic E-state index is 12.5. The van der Waals surface area contributed by atoms with Crippen molar-refractivity contribution in [2.75, 3.05) is 0 Å². The number of Topliss-reactive ketones (excluding diaryl/α,β-unsaturated/α-hetero) is 1. The Labute approximate surface area is 152 Å². The average molecular weight is 367 g/mol. The Kier molecular flexibility index (Phi) is 6.88. The zero-order chi connectivity index (χ0) is 18.4. The van der Waals surface area contributed by atoms with Crippen LogP contribution >= 0.6 is 11.6 Å². The second-order valence-electron chi connectivity index (χ2n) is 6.32. The van der Waals surface area contributed by atoms with Crippen molar-refractivity contribution in [3.8, 4) is 11.5 Å². The summed E-state index contributed by atoms with van der Waals surface area (Å²) in [6.07, 6.45) is 8.04. The highest BCUT2D eigenvalue weighted by molar-refractivity contribution is 6.33. The molecule has 0 radical (unpaired) electrons. The SMILES string of the molecule is C[C@@H]1C/C=C/CCCCCC(=O)Cc2c(Cl)c(O)cc(O)c2C(=O)O1. The zero-order valence-corrected chi connectivity index (χ0v) is 15.0. The van der Waals surface area contributed by atoms with E-state index < -0.39 is 11.7 Å². The first kappa shape index (κ1) is 19.3. The molecule has 1 heterocycles. The third-order valence-electron chi connectivity index (χ3n) is 4.17. The fourth-order valence-electron chi connectivity index (χ4n) is 2.82. The van der Waals surface area contributed by atoms with E-state index in [0.29, 0.717) is 12.8 Å². The highest BCUT2D eigenvalue weighted by atomic mass is 35.5. The van der Waals surface area contributed by atoms with Crippen LogP contribution in [0.5, 0.6) is 11.5 Å². The number of carbonyl (C=O) groups excluding carboxylic acids is 2. The number of hydrogen-bond acceptors (Lipinski definition) is 5. The van der Waals surface area contributed by atoms with E-state index in [0.717, 1.165) is 31.7 Å². The Balaban J connectivity index is 2.39. The van der Waals surface area contributed by atoms with E-state index in [2.05, 4.69) is 0 Å². The number of cyclic esters (lactones) is 1. The van der Waals surface area contributed by atoms with Crippen LogP contribution < -0.4 is 0 Å². The summed E-state index contributed by atoms with van der Waals surface area (Å²) >= 11 is 6.10. The van der Waals surface area contributed by atoms with Gasteiger partial charge in [0.25, 0.3) is 0 Å². The predicted molar refractivity (Wildman–Crippen MR) is 95.2 cm³/mol. The Hall–Kier alpha value is -2.01. The lowest BCUT2D eigenvalue weighted by atomic mass is 9.98. The van der Waals surface area contributed by atoms with E-state index in [-0.39, 0.29) is 40.2 Å². The maximum atomic E-state index is 12.5. The predicted octanol–water partition coefficient (Wildman–Crippen LogP) is 4.32. The fourth-order valence-corrected chi connectivity index (χ4v) is 3.04. The second kappa shape index (κ2) is 8.90. The van der Waals surface area contributed by atoms with Gasteiger partial charge in [-0.15, -0.1) is 0 Å². The molecule has 1 aliphatic heterocycles. The van der Waals surface area contributed by atoms with E-state index in [1.54, 1.807) is 6.92 Å². The molecule has 25 heavy (non-hydrogen) atoms. The van der Waals surface area contributed by atoms with Gasteiger partial charge in [-0.1, -0.05) is 30.2 Å². The van der Waals surface area contributed by atoms with Crippen molar-refractivity contribution in [3.63, 3.8) is 0 Å². The number of hydrogen-bond donors (Lipinski definition) is 2. The number of ketones is 1. The van der Waals surface area contributed by atoms with Crippen LogP contribution in [-0.2, 0) is 16.0 Å². The molecule has 1 aliphatic rings. The van der Waals surface area contributed by atoms with Crippen molar-refractivity contribution in [1.29, 1.82) is 0 Å². The molecule has 0 spiro atoms. The minimum absolute atomic E-state index is 0.0978. The summed E-state index contributed by atoms with van der Waals surface area (Å²) in [4.78, 5) is 24.7. The number of aromatic hydroxyl groups is 2. The molecule has 136 valence electrons. The molecule has 5 nitrogen and oxygen atoms in total. The van der Waals surface area contributed by atoms with Crippen molar-refractivity contribution in [1.82, 2.24) is 0 Å². The third-order valence-corrected chi connectivity index (χ3v) is 4.59. The third kappa shape index (κ3) is 5.23. The summed E-state index contributed by atoms with van der Waals surface area (Å²) in [5.41, 5.74) is -0.0337. The molecule has 2 rings (SSSR count). The lowest BCUT2D eigenvalue weighted by molar-refractivity contribution is -0.118. The number of esters is 1. The van der Waals surface area contributed by atoms with Crippen LogP contribution in [-0.4, -0.2) is 28.1 Å². The normalized spacial score (nSPS) is 21.6. The topological polar surface area (TPSA) is 83.8 Å². The molecule has 0 unspecified atom stereocenters. The fraction of sp³-hybridized carbons (Fsp3) is 0.474. The quantitative estimate of drug-likeness (QED) is 0.527. The standard InChI is InChI=1S/C19H23ClO5/c1-12-8-6-4-2-3-5-7-9-13(21)10-14-17(19(24)25-12)15(22)11-16(23)18(14)20/h4,6,11-12,22-23H,2-3,5,7-10H2,1H3/b6-4+/t12-/m1/s1. The number of carbonyl (C=O) groups is 2. The van der Waals surface area contributed by atoms with Crippen LogP contribution in [0.3, 0.4) is 0 Å².